The standard InChI is InChI=1S/C16H20N2O2S/c1-4-13-10-18-15(21-13)11(2)17-9-12-7-5-6-8-14(12)16(19)20-3/h5-8,10-11,17H,4,9H2,1-3H3. The molecule has 1 unspecified atom stereocenters. The summed E-state index contributed by atoms with van der Waals surface area (Å²) >= 11 is 1.73. The van der Waals surface area contributed by atoms with E-state index in [1.165, 1.54) is 12.0 Å². The first-order chi connectivity index (χ1) is 10.2. The van der Waals surface area contributed by atoms with Crippen LogP contribution in [0.1, 0.15) is 45.7 Å². The number of hydrogen-bond acceptors (Lipinski definition) is 5. The smallest absolute Gasteiger partial charge is 0.338 e. The van der Waals surface area contributed by atoms with Crippen LogP contribution in [0.25, 0.3) is 0 Å². The van der Waals surface area contributed by atoms with Gasteiger partial charge in [0.05, 0.1) is 18.7 Å². The summed E-state index contributed by atoms with van der Waals surface area (Å²) in [4.78, 5) is 17.5. The first-order valence-electron chi connectivity index (χ1n) is 7.00. The lowest BCUT2D eigenvalue weighted by Crippen LogP contribution is -2.19. The number of methoxy groups -OCH3 is 1. The second kappa shape index (κ2) is 7.33. The van der Waals surface area contributed by atoms with Crippen molar-refractivity contribution in [2.24, 2.45) is 0 Å². The third-order valence-electron chi connectivity index (χ3n) is 3.31. The summed E-state index contributed by atoms with van der Waals surface area (Å²) in [5.74, 6) is -0.303. The Morgan fingerprint density at radius 3 is 2.86 bits per heavy atom. The van der Waals surface area contributed by atoms with Crippen molar-refractivity contribution >= 4 is 17.3 Å². The van der Waals surface area contributed by atoms with Crippen LogP contribution in [0.5, 0.6) is 0 Å². The highest BCUT2D eigenvalue weighted by atomic mass is 32.1. The number of hydrogen-bond donors (Lipinski definition) is 1. The summed E-state index contributed by atoms with van der Waals surface area (Å²) in [5, 5.41) is 4.48. The van der Waals surface area contributed by atoms with Gasteiger partial charge in [0.15, 0.2) is 0 Å². The molecular formula is C16H20N2O2S. The van der Waals surface area contributed by atoms with Crippen molar-refractivity contribution in [3.05, 3.63) is 51.5 Å². The van der Waals surface area contributed by atoms with Crippen molar-refractivity contribution in [1.82, 2.24) is 10.3 Å². The Morgan fingerprint density at radius 1 is 1.43 bits per heavy atom. The zero-order chi connectivity index (χ0) is 15.2. The van der Waals surface area contributed by atoms with Gasteiger partial charge in [-0.15, -0.1) is 11.3 Å². The van der Waals surface area contributed by atoms with Gasteiger partial charge in [-0.1, -0.05) is 25.1 Å². The van der Waals surface area contributed by atoms with Gasteiger partial charge in [-0.3, -0.25) is 0 Å². The monoisotopic (exact) mass is 304 g/mol. The van der Waals surface area contributed by atoms with Crippen molar-refractivity contribution in [2.45, 2.75) is 32.9 Å². The summed E-state index contributed by atoms with van der Waals surface area (Å²) in [5.41, 5.74) is 1.54. The maximum Gasteiger partial charge on any atom is 0.338 e. The van der Waals surface area contributed by atoms with Crippen molar-refractivity contribution in [3.8, 4) is 0 Å². The van der Waals surface area contributed by atoms with E-state index in [4.69, 9.17) is 4.74 Å². The number of benzene rings is 1. The summed E-state index contributed by atoms with van der Waals surface area (Å²) in [6.45, 7) is 4.81. The molecule has 0 saturated carbocycles. The average Bonchev–Trinajstić information content (AvgIpc) is 3.01. The van der Waals surface area contributed by atoms with Crippen molar-refractivity contribution < 1.29 is 9.53 Å². The van der Waals surface area contributed by atoms with Crippen LogP contribution in [0.2, 0.25) is 0 Å². The van der Waals surface area contributed by atoms with Crippen LogP contribution in [0.3, 0.4) is 0 Å². The molecule has 0 bridgehead atoms. The number of thiazole rings is 1. The van der Waals surface area contributed by atoms with E-state index in [1.54, 1.807) is 17.4 Å². The van der Waals surface area contributed by atoms with E-state index in [1.807, 2.05) is 24.4 Å². The quantitative estimate of drug-likeness (QED) is 0.832. The Bertz CT molecular complexity index is 610. The van der Waals surface area contributed by atoms with Crippen LogP contribution in [-0.2, 0) is 17.7 Å². The second-order valence-corrected chi connectivity index (χ2v) is 5.92. The molecule has 1 N–H and O–H groups in total. The number of aryl methyl sites for hydroxylation is 1. The molecule has 0 amide bonds. The lowest BCUT2D eigenvalue weighted by Gasteiger charge is -2.13. The third kappa shape index (κ3) is 3.89. The molecule has 0 aliphatic rings. The van der Waals surface area contributed by atoms with Crippen LogP contribution in [0.15, 0.2) is 30.5 Å². The largest absolute Gasteiger partial charge is 0.465 e. The molecule has 112 valence electrons. The number of carbonyl (C=O) groups excluding carboxylic acids is 1. The molecule has 0 saturated heterocycles. The first-order valence-corrected chi connectivity index (χ1v) is 7.81. The lowest BCUT2D eigenvalue weighted by atomic mass is 10.1. The Balaban J connectivity index is 2.04. The molecule has 0 spiro atoms. The molecule has 1 atom stereocenters. The molecule has 1 heterocycles. The summed E-state index contributed by atoms with van der Waals surface area (Å²) in [6, 6.07) is 7.64. The normalized spacial score (nSPS) is 12.1. The van der Waals surface area contributed by atoms with Gasteiger partial charge in [0.1, 0.15) is 5.01 Å². The van der Waals surface area contributed by atoms with Gasteiger partial charge < -0.3 is 10.1 Å². The topological polar surface area (TPSA) is 51.2 Å². The number of nitrogens with zero attached hydrogens (tertiary/aromatic N) is 1. The molecule has 0 radical (unpaired) electrons. The van der Waals surface area contributed by atoms with Crippen LogP contribution >= 0.6 is 11.3 Å². The maximum atomic E-state index is 11.7. The van der Waals surface area contributed by atoms with Crippen molar-refractivity contribution in [3.63, 3.8) is 0 Å². The molecule has 0 aliphatic heterocycles. The molecule has 0 fully saturated rings. The molecular weight excluding hydrogens is 284 g/mol. The minimum atomic E-state index is -0.303. The van der Waals surface area contributed by atoms with E-state index >= 15 is 0 Å². The van der Waals surface area contributed by atoms with E-state index in [0.717, 1.165) is 17.0 Å². The third-order valence-corrected chi connectivity index (χ3v) is 4.64. The van der Waals surface area contributed by atoms with Crippen LogP contribution in [-0.4, -0.2) is 18.1 Å². The predicted molar refractivity (Wildman–Crippen MR) is 84.5 cm³/mol. The highest BCUT2D eigenvalue weighted by Gasteiger charge is 2.13. The van der Waals surface area contributed by atoms with Gasteiger partial charge in [-0.2, -0.15) is 0 Å². The van der Waals surface area contributed by atoms with Crippen LogP contribution < -0.4 is 5.32 Å². The Labute approximate surface area is 129 Å². The van der Waals surface area contributed by atoms with Gasteiger partial charge in [0.2, 0.25) is 0 Å². The van der Waals surface area contributed by atoms with Gasteiger partial charge in [-0.25, -0.2) is 9.78 Å². The van der Waals surface area contributed by atoms with Crippen molar-refractivity contribution in [1.29, 1.82) is 0 Å². The molecule has 0 aliphatic carbocycles. The Morgan fingerprint density at radius 2 is 2.19 bits per heavy atom. The highest BCUT2D eigenvalue weighted by molar-refractivity contribution is 7.11. The fourth-order valence-electron chi connectivity index (χ4n) is 2.02. The lowest BCUT2D eigenvalue weighted by molar-refractivity contribution is 0.0599. The van der Waals surface area contributed by atoms with E-state index in [2.05, 4.69) is 24.1 Å². The van der Waals surface area contributed by atoms with Gasteiger partial charge >= 0.3 is 5.97 Å². The zero-order valence-electron chi connectivity index (χ0n) is 12.6. The number of ether oxygens (including phenoxy) is 1. The predicted octanol–water partition coefficient (Wildman–Crippen LogP) is 3.34. The average molecular weight is 304 g/mol. The summed E-state index contributed by atoms with van der Waals surface area (Å²) < 4.78 is 4.81. The van der Waals surface area contributed by atoms with E-state index in [0.29, 0.717) is 12.1 Å². The molecule has 1 aromatic heterocycles. The molecule has 2 aromatic rings. The van der Waals surface area contributed by atoms with Crippen molar-refractivity contribution in [2.75, 3.05) is 7.11 Å². The minimum absolute atomic E-state index is 0.154. The van der Waals surface area contributed by atoms with Gasteiger partial charge in [0.25, 0.3) is 0 Å². The van der Waals surface area contributed by atoms with Gasteiger partial charge in [-0.05, 0) is 25.0 Å². The number of rotatable bonds is 6. The molecule has 5 heteroatoms. The van der Waals surface area contributed by atoms with Crippen LogP contribution in [0.4, 0.5) is 0 Å². The molecule has 2 rings (SSSR count). The second-order valence-electron chi connectivity index (χ2n) is 4.77. The van der Waals surface area contributed by atoms with E-state index in [-0.39, 0.29) is 12.0 Å². The number of nitrogens with one attached hydrogen (secondary N) is 1. The first kappa shape index (κ1) is 15.7. The molecule has 4 nitrogen and oxygen atoms in total. The minimum Gasteiger partial charge on any atom is -0.465 e. The summed E-state index contributed by atoms with van der Waals surface area (Å²) in [6.07, 6.45) is 2.94. The molecule has 1 aromatic carbocycles. The number of aromatic nitrogens is 1. The maximum absolute atomic E-state index is 11.7. The molecule has 21 heavy (non-hydrogen) atoms. The number of carbonyl (C=O) groups is 1. The summed E-state index contributed by atoms with van der Waals surface area (Å²) in [7, 11) is 1.40. The van der Waals surface area contributed by atoms with Crippen LogP contribution in [0, 0.1) is 0 Å². The Hall–Kier alpha value is -1.72. The van der Waals surface area contributed by atoms with E-state index in [9.17, 15) is 4.79 Å². The fraction of sp³-hybridized carbons (Fsp3) is 0.375. The SMILES string of the molecule is CCc1cnc(C(C)NCc2ccccc2C(=O)OC)s1. The van der Waals surface area contributed by atoms with E-state index < -0.39 is 0 Å². The fourth-order valence-corrected chi connectivity index (χ4v) is 2.90. The van der Waals surface area contributed by atoms with Gasteiger partial charge in [0, 0.05) is 17.6 Å². The number of esters is 1. The zero-order valence-corrected chi connectivity index (χ0v) is 13.4. The highest BCUT2D eigenvalue weighted by Crippen LogP contribution is 2.21. The Kier molecular flexibility index (Phi) is 5.47.